The normalized spacial score (nSPS) is 13.3. The zero-order valence-electron chi connectivity index (χ0n) is 13.6. The van der Waals surface area contributed by atoms with E-state index in [0.29, 0.717) is 11.4 Å². The predicted molar refractivity (Wildman–Crippen MR) is 93.1 cm³/mol. The summed E-state index contributed by atoms with van der Waals surface area (Å²) in [5.41, 5.74) is 2.87. The summed E-state index contributed by atoms with van der Waals surface area (Å²) in [6.07, 6.45) is 2.62. The fourth-order valence-electron chi connectivity index (χ4n) is 2.81. The fraction of sp³-hybridized carbons (Fsp3) is 0.333. The van der Waals surface area contributed by atoms with Crippen molar-refractivity contribution in [2.45, 2.75) is 6.42 Å². The van der Waals surface area contributed by atoms with Gasteiger partial charge in [0.2, 0.25) is 0 Å². The minimum atomic E-state index is 0.00963. The molecular weight excluding hydrogens is 288 g/mol. The molecular formula is C18H22N4O. The molecule has 1 aliphatic heterocycles. The van der Waals surface area contributed by atoms with Crippen molar-refractivity contribution in [1.82, 2.24) is 9.88 Å². The lowest BCUT2D eigenvalue weighted by atomic mass is 10.1. The topological polar surface area (TPSA) is 48.5 Å². The molecule has 1 aromatic heterocycles. The van der Waals surface area contributed by atoms with Crippen molar-refractivity contribution in [1.29, 1.82) is 0 Å². The van der Waals surface area contributed by atoms with Crippen molar-refractivity contribution in [3.8, 4) is 0 Å². The number of fused-ring (bicyclic) bond motifs is 1. The third-order valence-corrected chi connectivity index (χ3v) is 4.02. The summed E-state index contributed by atoms with van der Waals surface area (Å²) in [4.78, 5) is 21.3. The molecule has 1 aromatic carbocycles. The SMILES string of the molecule is CN(C)CCNc1ncccc1C(=O)N1CCc2ccccc21. The minimum Gasteiger partial charge on any atom is -0.368 e. The molecule has 2 heterocycles. The number of amides is 1. The highest BCUT2D eigenvalue weighted by atomic mass is 16.2. The van der Waals surface area contributed by atoms with Gasteiger partial charge in [0.15, 0.2) is 0 Å². The van der Waals surface area contributed by atoms with Crippen molar-refractivity contribution < 1.29 is 4.79 Å². The highest BCUT2D eigenvalue weighted by molar-refractivity contribution is 6.10. The van der Waals surface area contributed by atoms with Crippen LogP contribution in [0.25, 0.3) is 0 Å². The second-order valence-corrected chi connectivity index (χ2v) is 5.97. The van der Waals surface area contributed by atoms with E-state index in [2.05, 4.69) is 21.3 Å². The highest BCUT2D eigenvalue weighted by Crippen LogP contribution is 2.29. The highest BCUT2D eigenvalue weighted by Gasteiger charge is 2.26. The molecule has 23 heavy (non-hydrogen) atoms. The number of aromatic nitrogens is 1. The molecule has 0 saturated carbocycles. The van der Waals surface area contributed by atoms with Crippen LogP contribution in [0.5, 0.6) is 0 Å². The van der Waals surface area contributed by atoms with Crippen LogP contribution in [0, 0.1) is 0 Å². The van der Waals surface area contributed by atoms with Crippen LogP contribution in [0.3, 0.4) is 0 Å². The number of pyridine rings is 1. The molecule has 0 saturated heterocycles. The largest absolute Gasteiger partial charge is 0.368 e. The van der Waals surface area contributed by atoms with Crippen molar-refractivity contribution in [2.75, 3.05) is 43.9 Å². The summed E-state index contributed by atoms with van der Waals surface area (Å²) in [6.45, 7) is 2.36. The molecule has 2 aromatic rings. The van der Waals surface area contributed by atoms with Gasteiger partial charge in [0.05, 0.1) is 5.56 Å². The van der Waals surface area contributed by atoms with Crippen LogP contribution in [0.15, 0.2) is 42.6 Å². The third-order valence-electron chi connectivity index (χ3n) is 4.02. The molecule has 0 unspecified atom stereocenters. The number of anilines is 2. The quantitative estimate of drug-likeness (QED) is 0.920. The van der Waals surface area contributed by atoms with Gasteiger partial charge >= 0.3 is 0 Å². The summed E-state index contributed by atoms with van der Waals surface area (Å²) < 4.78 is 0. The average Bonchev–Trinajstić information content (AvgIpc) is 2.98. The number of rotatable bonds is 5. The van der Waals surface area contributed by atoms with Gasteiger partial charge in [-0.1, -0.05) is 18.2 Å². The second kappa shape index (κ2) is 6.79. The summed E-state index contributed by atoms with van der Waals surface area (Å²) in [7, 11) is 4.04. The van der Waals surface area contributed by atoms with Gasteiger partial charge in [-0.25, -0.2) is 4.98 Å². The lowest BCUT2D eigenvalue weighted by Gasteiger charge is -2.19. The Morgan fingerprint density at radius 3 is 2.91 bits per heavy atom. The second-order valence-electron chi connectivity index (χ2n) is 5.97. The van der Waals surface area contributed by atoms with Crippen molar-refractivity contribution in [3.63, 3.8) is 0 Å². The van der Waals surface area contributed by atoms with Gasteiger partial charge in [-0.15, -0.1) is 0 Å². The van der Waals surface area contributed by atoms with Gasteiger partial charge in [-0.2, -0.15) is 0 Å². The maximum absolute atomic E-state index is 13.0. The molecule has 0 aliphatic carbocycles. The molecule has 1 N–H and O–H groups in total. The van der Waals surface area contributed by atoms with Crippen LogP contribution in [-0.2, 0) is 6.42 Å². The first-order valence-electron chi connectivity index (χ1n) is 7.90. The van der Waals surface area contributed by atoms with Crippen LogP contribution < -0.4 is 10.2 Å². The Morgan fingerprint density at radius 2 is 2.09 bits per heavy atom. The number of hydrogen-bond acceptors (Lipinski definition) is 4. The number of para-hydroxylation sites is 1. The Labute approximate surface area is 136 Å². The number of carbonyl (C=O) groups excluding carboxylic acids is 1. The van der Waals surface area contributed by atoms with Crippen LogP contribution in [0.4, 0.5) is 11.5 Å². The Hall–Kier alpha value is -2.40. The number of likely N-dealkylation sites (N-methyl/N-ethyl adjacent to an activating group) is 1. The fourth-order valence-corrected chi connectivity index (χ4v) is 2.81. The van der Waals surface area contributed by atoms with Crippen molar-refractivity contribution >= 4 is 17.4 Å². The van der Waals surface area contributed by atoms with E-state index in [9.17, 15) is 4.79 Å². The van der Waals surface area contributed by atoms with Gasteiger partial charge in [0.1, 0.15) is 5.82 Å². The van der Waals surface area contributed by atoms with Crippen LogP contribution in [-0.4, -0.2) is 49.5 Å². The van der Waals surface area contributed by atoms with Crippen LogP contribution in [0.1, 0.15) is 15.9 Å². The standard InChI is InChI=1S/C18H22N4O/c1-21(2)13-11-20-17-15(7-5-10-19-17)18(23)22-12-9-14-6-3-4-8-16(14)22/h3-8,10H,9,11-13H2,1-2H3,(H,19,20). The Morgan fingerprint density at radius 1 is 1.26 bits per heavy atom. The summed E-state index contributed by atoms with van der Waals surface area (Å²) in [5, 5.41) is 3.27. The molecule has 0 bridgehead atoms. The van der Waals surface area contributed by atoms with E-state index < -0.39 is 0 Å². The van der Waals surface area contributed by atoms with Crippen molar-refractivity contribution in [2.24, 2.45) is 0 Å². The number of benzene rings is 1. The molecule has 0 radical (unpaired) electrons. The lowest BCUT2D eigenvalue weighted by Crippen LogP contribution is -2.30. The van der Waals surface area contributed by atoms with Crippen molar-refractivity contribution in [3.05, 3.63) is 53.7 Å². The van der Waals surface area contributed by atoms with Gasteiger partial charge in [-0.3, -0.25) is 4.79 Å². The lowest BCUT2D eigenvalue weighted by molar-refractivity contribution is 0.0990. The monoisotopic (exact) mass is 310 g/mol. The smallest absolute Gasteiger partial charge is 0.262 e. The molecule has 120 valence electrons. The first-order chi connectivity index (χ1) is 11.2. The maximum atomic E-state index is 13.0. The molecule has 0 fully saturated rings. The maximum Gasteiger partial charge on any atom is 0.262 e. The van der Waals surface area contributed by atoms with Gasteiger partial charge in [0, 0.05) is 31.5 Å². The Bertz CT molecular complexity index is 699. The number of hydrogen-bond donors (Lipinski definition) is 1. The molecule has 1 aliphatic rings. The van der Waals surface area contributed by atoms with Gasteiger partial charge < -0.3 is 15.1 Å². The number of carbonyl (C=O) groups is 1. The first-order valence-corrected chi connectivity index (χ1v) is 7.90. The molecule has 5 heteroatoms. The summed E-state index contributed by atoms with van der Waals surface area (Å²) >= 11 is 0. The zero-order chi connectivity index (χ0) is 16.2. The van der Waals surface area contributed by atoms with E-state index in [1.165, 1.54) is 5.56 Å². The summed E-state index contributed by atoms with van der Waals surface area (Å²) in [6, 6.07) is 11.7. The summed E-state index contributed by atoms with van der Waals surface area (Å²) in [5.74, 6) is 0.666. The van der Waals surface area contributed by atoms with Crippen LogP contribution >= 0.6 is 0 Å². The van der Waals surface area contributed by atoms with Gasteiger partial charge in [-0.05, 0) is 44.3 Å². The molecule has 0 spiro atoms. The molecule has 3 rings (SSSR count). The molecule has 5 nitrogen and oxygen atoms in total. The Balaban J connectivity index is 1.81. The number of nitrogens with one attached hydrogen (secondary N) is 1. The zero-order valence-corrected chi connectivity index (χ0v) is 13.6. The molecule has 0 atom stereocenters. The van der Waals surface area contributed by atoms with E-state index in [0.717, 1.165) is 31.7 Å². The van der Waals surface area contributed by atoms with E-state index >= 15 is 0 Å². The van der Waals surface area contributed by atoms with E-state index in [4.69, 9.17) is 0 Å². The minimum absolute atomic E-state index is 0.00963. The molecule has 1 amide bonds. The third kappa shape index (κ3) is 3.35. The van der Waals surface area contributed by atoms with E-state index in [1.54, 1.807) is 6.20 Å². The van der Waals surface area contributed by atoms with E-state index in [-0.39, 0.29) is 5.91 Å². The van der Waals surface area contributed by atoms with E-state index in [1.807, 2.05) is 49.3 Å². The Kier molecular flexibility index (Phi) is 4.57. The van der Waals surface area contributed by atoms with Crippen LogP contribution in [0.2, 0.25) is 0 Å². The van der Waals surface area contributed by atoms with Gasteiger partial charge in [0.25, 0.3) is 5.91 Å². The number of nitrogens with zero attached hydrogens (tertiary/aromatic N) is 3. The average molecular weight is 310 g/mol. The predicted octanol–water partition coefficient (Wildman–Crippen LogP) is 2.26. The first kappa shape index (κ1) is 15.5.